The van der Waals surface area contributed by atoms with Crippen molar-refractivity contribution in [2.24, 2.45) is 0 Å². The van der Waals surface area contributed by atoms with Gasteiger partial charge in [-0.2, -0.15) is 0 Å². The molecule has 0 spiro atoms. The van der Waals surface area contributed by atoms with E-state index in [0.717, 1.165) is 12.1 Å². The SMILES string of the molecule is CN1NC2CCC1C2. The predicted octanol–water partition coefficient (Wildman–Crippen LogP) is 0.357. The average Bonchev–Trinajstić information content (AvgIpc) is 2.23. The summed E-state index contributed by atoms with van der Waals surface area (Å²) in [5, 5.41) is 2.26. The molecule has 1 saturated heterocycles. The molecule has 8 heavy (non-hydrogen) atoms. The van der Waals surface area contributed by atoms with Crippen molar-refractivity contribution in [1.29, 1.82) is 0 Å². The van der Waals surface area contributed by atoms with Gasteiger partial charge in [0, 0.05) is 19.1 Å². The molecule has 1 aliphatic carbocycles. The van der Waals surface area contributed by atoms with Crippen molar-refractivity contribution in [3.05, 3.63) is 0 Å². The number of nitrogens with zero attached hydrogens (tertiary/aromatic N) is 1. The predicted molar refractivity (Wildman–Crippen MR) is 32.3 cm³/mol. The second kappa shape index (κ2) is 1.45. The second-order valence-electron chi connectivity index (χ2n) is 2.90. The Kier molecular flexibility index (Phi) is 0.866. The van der Waals surface area contributed by atoms with E-state index in [-0.39, 0.29) is 0 Å². The van der Waals surface area contributed by atoms with Crippen molar-refractivity contribution in [3.63, 3.8) is 0 Å². The first-order chi connectivity index (χ1) is 3.86. The van der Waals surface area contributed by atoms with Crippen LogP contribution in [0.5, 0.6) is 0 Å². The van der Waals surface area contributed by atoms with E-state index in [1.54, 1.807) is 0 Å². The van der Waals surface area contributed by atoms with Gasteiger partial charge in [0.15, 0.2) is 0 Å². The molecule has 1 heterocycles. The Morgan fingerprint density at radius 3 is 2.62 bits per heavy atom. The molecule has 2 rings (SSSR count). The maximum atomic E-state index is 3.39. The lowest BCUT2D eigenvalue weighted by molar-refractivity contribution is 0.185. The Balaban J connectivity index is 2.11. The molecule has 2 bridgehead atoms. The Morgan fingerprint density at radius 2 is 2.38 bits per heavy atom. The van der Waals surface area contributed by atoms with Crippen molar-refractivity contribution >= 4 is 0 Å². The third kappa shape index (κ3) is 0.501. The van der Waals surface area contributed by atoms with Crippen LogP contribution in [0.15, 0.2) is 0 Å². The zero-order valence-corrected chi connectivity index (χ0v) is 5.22. The van der Waals surface area contributed by atoms with E-state index >= 15 is 0 Å². The van der Waals surface area contributed by atoms with Crippen molar-refractivity contribution in [2.75, 3.05) is 7.05 Å². The van der Waals surface area contributed by atoms with Crippen LogP contribution in [-0.4, -0.2) is 24.1 Å². The lowest BCUT2D eigenvalue weighted by Gasteiger charge is -2.22. The van der Waals surface area contributed by atoms with Gasteiger partial charge in [-0.3, -0.25) is 5.43 Å². The fourth-order valence-electron chi connectivity index (χ4n) is 1.82. The van der Waals surface area contributed by atoms with Crippen molar-refractivity contribution < 1.29 is 0 Å². The van der Waals surface area contributed by atoms with Gasteiger partial charge in [-0.1, -0.05) is 0 Å². The van der Waals surface area contributed by atoms with E-state index in [2.05, 4.69) is 17.5 Å². The number of hydrazine groups is 1. The Labute approximate surface area is 49.8 Å². The molecule has 1 aliphatic heterocycles. The van der Waals surface area contributed by atoms with Gasteiger partial charge in [0.2, 0.25) is 0 Å². The second-order valence-corrected chi connectivity index (χ2v) is 2.90. The minimum absolute atomic E-state index is 0.824. The van der Waals surface area contributed by atoms with Crippen LogP contribution >= 0.6 is 0 Å². The molecule has 2 atom stereocenters. The number of hydrogen-bond donors (Lipinski definition) is 1. The van der Waals surface area contributed by atoms with Gasteiger partial charge >= 0.3 is 0 Å². The quantitative estimate of drug-likeness (QED) is 0.486. The molecule has 2 fully saturated rings. The maximum absolute atomic E-state index is 3.39. The number of rotatable bonds is 0. The summed E-state index contributed by atoms with van der Waals surface area (Å²) in [6, 6.07) is 1.69. The number of hydrogen-bond acceptors (Lipinski definition) is 2. The fraction of sp³-hybridized carbons (Fsp3) is 1.00. The first kappa shape index (κ1) is 4.77. The largest absolute Gasteiger partial charge is 0.252 e. The molecule has 1 N–H and O–H groups in total. The first-order valence-electron chi connectivity index (χ1n) is 3.35. The summed E-state index contributed by atoms with van der Waals surface area (Å²) in [5.74, 6) is 0. The Hall–Kier alpha value is -0.0800. The van der Waals surface area contributed by atoms with Crippen LogP contribution in [0, 0.1) is 0 Å². The molecule has 46 valence electrons. The van der Waals surface area contributed by atoms with Crippen LogP contribution in [-0.2, 0) is 0 Å². The van der Waals surface area contributed by atoms with Gasteiger partial charge in [-0.05, 0) is 19.3 Å². The van der Waals surface area contributed by atoms with E-state index in [9.17, 15) is 0 Å². The highest BCUT2D eigenvalue weighted by molar-refractivity contribution is 4.90. The van der Waals surface area contributed by atoms with Crippen molar-refractivity contribution in [1.82, 2.24) is 10.4 Å². The zero-order chi connectivity index (χ0) is 5.56. The monoisotopic (exact) mass is 112 g/mol. The molecule has 1 saturated carbocycles. The minimum atomic E-state index is 0.824. The Morgan fingerprint density at radius 1 is 1.50 bits per heavy atom. The molecule has 0 amide bonds. The molecule has 2 aliphatic rings. The molecular weight excluding hydrogens is 100 g/mol. The topological polar surface area (TPSA) is 15.3 Å². The molecular formula is C6H12N2. The van der Waals surface area contributed by atoms with Crippen LogP contribution in [0.25, 0.3) is 0 Å². The zero-order valence-electron chi connectivity index (χ0n) is 5.22. The van der Waals surface area contributed by atoms with E-state index < -0.39 is 0 Å². The highest BCUT2D eigenvalue weighted by Crippen LogP contribution is 2.28. The van der Waals surface area contributed by atoms with Gasteiger partial charge in [0.25, 0.3) is 0 Å². The van der Waals surface area contributed by atoms with Gasteiger partial charge < -0.3 is 0 Å². The maximum Gasteiger partial charge on any atom is 0.0256 e. The normalized spacial score (nSPS) is 46.1. The van der Waals surface area contributed by atoms with Gasteiger partial charge in [-0.15, -0.1) is 0 Å². The lowest BCUT2D eigenvalue weighted by atomic mass is 10.3. The van der Waals surface area contributed by atoms with Gasteiger partial charge in [0.05, 0.1) is 0 Å². The van der Waals surface area contributed by atoms with Crippen LogP contribution in [0.2, 0.25) is 0 Å². The molecule has 2 unspecified atom stereocenters. The van der Waals surface area contributed by atoms with E-state index in [0.29, 0.717) is 0 Å². The molecule has 0 radical (unpaired) electrons. The summed E-state index contributed by atoms with van der Waals surface area (Å²) in [4.78, 5) is 0. The minimum Gasteiger partial charge on any atom is -0.252 e. The first-order valence-corrected chi connectivity index (χ1v) is 3.35. The fourth-order valence-corrected chi connectivity index (χ4v) is 1.82. The summed E-state index contributed by atoms with van der Waals surface area (Å²) in [7, 11) is 2.14. The summed E-state index contributed by atoms with van der Waals surface area (Å²) in [6.45, 7) is 0. The average molecular weight is 112 g/mol. The Bertz CT molecular complexity index is 101. The highest BCUT2D eigenvalue weighted by Gasteiger charge is 2.34. The third-order valence-corrected chi connectivity index (χ3v) is 2.34. The van der Waals surface area contributed by atoms with Gasteiger partial charge in [-0.25, -0.2) is 5.01 Å². The van der Waals surface area contributed by atoms with Crippen LogP contribution in [0.1, 0.15) is 19.3 Å². The number of fused-ring (bicyclic) bond motifs is 2. The van der Waals surface area contributed by atoms with Crippen LogP contribution in [0.3, 0.4) is 0 Å². The van der Waals surface area contributed by atoms with Crippen LogP contribution < -0.4 is 5.43 Å². The summed E-state index contributed by atoms with van der Waals surface area (Å²) in [6.07, 6.45) is 4.19. The van der Waals surface area contributed by atoms with E-state index in [4.69, 9.17) is 0 Å². The molecule has 2 heteroatoms. The molecule has 0 aromatic rings. The standard InChI is InChI=1S/C6H12N2/c1-8-6-3-2-5(4-6)7-8/h5-7H,2-4H2,1H3. The summed E-state index contributed by atoms with van der Waals surface area (Å²) >= 11 is 0. The van der Waals surface area contributed by atoms with Crippen molar-refractivity contribution in [2.45, 2.75) is 31.3 Å². The van der Waals surface area contributed by atoms with E-state index in [1.165, 1.54) is 19.3 Å². The van der Waals surface area contributed by atoms with Crippen LogP contribution in [0.4, 0.5) is 0 Å². The third-order valence-electron chi connectivity index (χ3n) is 2.34. The van der Waals surface area contributed by atoms with E-state index in [1.807, 2.05) is 0 Å². The molecule has 0 aromatic carbocycles. The lowest BCUT2D eigenvalue weighted by Crippen LogP contribution is -2.39. The van der Waals surface area contributed by atoms with Crippen molar-refractivity contribution in [3.8, 4) is 0 Å². The van der Waals surface area contributed by atoms with Gasteiger partial charge in [0.1, 0.15) is 0 Å². The summed E-state index contributed by atoms with van der Waals surface area (Å²) in [5.41, 5.74) is 3.39. The molecule has 2 nitrogen and oxygen atoms in total. The molecule has 0 aromatic heterocycles. The smallest absolute Gasteiger partial charge is 0.0256 e. The summed E-state index contributed by atoms with van der Waals surface area (Å²) < 4.78 is 0. The highest BCUT2D eigenvalue weighted by atomic mass is 15.5. The number of nitrogens with one attached hydrogen (secondary N) is 1.